The van der Waals surface area contributed by atoms with Crippen LogP contribution in [-0.2, 0) is 0 Å². The molecule has 0 aliphatic heterocycles. The number of allylic oxidation sites excluding steroid dienone is 1. The molecule has 4 heteroatoms. The highest BCUT2D eigenvalue weighted by atomic mass is 16.5. The van der Waals surface area contributed by atoms with Crippen molar-refractivity contribution in [3.05, 3.63) is 94.5 Å². The van der Waals surface area contributed by atoms with Gasteiger partial charge in [-0.25, -0.2) is 4.79 Å². The van der Waals surface area contributed by atoms with Gasteiger partial charge in [-0.1, -0.05) is 30.3 Å². The Morgan fingerprint density at radius 3 is 2.34 bits per heavy atom. The molecular formula is C25H21NO3. The Balaban J connectivity index is 1.79. The summed E-state index contributed by atoms with van der Waals surface area (Å²) in [5.41, 5.74) is 4.71. The van der Waals surface area contributed by atoms with Gasteiger partial charge in [0, 0.05) is 5.56 Å². The molecular weight excluding hydrogens is 362 g/mol. The van der Waals surface area contributed by atoms with Gasteiger partial charge < -0.3 is 9.47 Å². The highest BCUT2D eigenvalue weighted by molar-refractivity contribution is 5.92. The highest BCUT2D eigenvalue weighted by Gasteiger charge is 2.10. The maximum absolute atomic E-state index is 12.4. The number of ether oxygens (including phenoxy) is 2. The molecule has 3 rings (SSSR count). The van der Waals surface area contributed by atoms with Crippen molar-refractivity contribution >= 4 is 17.6 Å². The van der Waals surface area contributed by atoms with E-state index in [1.54, 1.807) is 43.5 Å². The maximum atomic E-state index is 12.4. The fourth-order valence-corrected chi connectivity index (χ4v) is 2.87. The van der Waals surface area contributed by atoms with E-state index in [1.807, 2.05) is 50.2 Å². The summed E-state index contributed by atoms with van der Waals surface area (Å²) in [6, 6.07) is 22.1. The zero-order valence-corrected chi connectivity index (χ0v) is 16.6. The summed E-state index contributed by atoms with van der Waals surface area (Å²) < 4.78 is 10.8. The fourth-order valence-electron chi connectivity index (χ4n) is 2.87. The van der Waals surface area contributed by atoms with Crippen molar-refractivity contribution in [2.75, 3.05) is 7.11 Å². The number of rotatable bonds is 5. The molecule has 0 heterocycles. The van der Waals surface area contributed by atoms with E-state index in [0.29, 0.717) is 22.6 Å². The van der Waals surface area contributed by atoms with Crippen LogP contribution < -0.4 is 9.47 Å². The second-order valence-electron chi connectivity index (χ2n) is 6.63. The molecule has 0 spiro atoms. The number of nitriles is 1. The van der Waals surface area contributed by atoms with E-state index in [4.69, 9.17) is 9.47 Å². The molecule has 0 fully saturated rings. The summed E-state index contributed by atoms with van der Waals surface area (Å²) in [5, 5.41) is 9.56. The lowest BCUT2D eigenvalue weighted by Crippen LogP contribution is -2.08. The Hall–Kier alpha value is -3.84. The van der Waals surface area contributed by atoms with Crippen LogP contribution in [0.25, 0.3) is 11.6 Å². The molecule has 3 aromatic carbocycles. The van der Waals surface area contributed by atoms with Gasteiger partial charge in [-0.15, -0.1) is 0 Å². The molecule has 0 amide bonds. The first-order valence-corrected chi connectivity index (χ1v) is 9.16. The van der Waals surface area contributed by atoms with Gasteiger partial charge in [0.15, 0.2) is 0 Å². The van der Waals surface area contributed by atoms with Crippen LogP contribution in [0, 0.1) is 25.2 Å². The lowest BCUT2D eigenvalue weighted by Gasteiger charge is -2.08. The summed E-state index contributed by atoms with van der Waals surface area (Å²) in [6.07, 6.45) is 1.77. The predicted octanol–water partition coefficient (Wildman–Crippen LogP) is 5.60. The third-order valence-corrected chi connectivity index (χ3v) is 4.66. The first-order valence-electron chi connectivity index (χ1n) is 9.16. The van der Waals surface area contributed by atoms with Crippen LogP contribution in [-0.4, -0.2) is 13.1 Å². The minimum atomic E-state index is -0.400. The number of aryl methyl sites for hydroxylation is 2. The van der Waals surface area contributed by atoms with Crippen molar-refractivity contribution in [2.45, 2.75) is 13.8 Å². The Morgan fingerprint density at radius 1 is 0.966 bits per heavy atom. The average molecular weight is 383 g/mol. The molecule has 0 saturated heterocycles. The number of para-hydroxylation sites is 1. The van der Waals surface area contributed by atoms with Gasteiger partial charge in [0.1, 0.15) is 11.5 Å². The molecule has 0 bridgehead atoms. The number of carbonyl (C=O) groups is 1. The van der Waals surface area contributed by atoms with Crippen LogP contribution in [0.1, 0.15) is 32.6 Å². The lowest BCUT2D eigenvalue weighted by molar-refractivity contribution is 0.0734. The van der Waals surface area contributed by atoms with Gasteiger partial charge in [0.25, 0.3) is 0 Å². The Kier molecular flexibility index (Phi) is 6.11. The molecule has 144 valence electrons. The third-order valence-electron chi connectivity index (χ3n) is 4.66. The molecule has 0 aromatic heterocycles. The van der Waals surface area contributed by atoms with E-state index in [9.17, 15) is 10.1 Å². The van der Waals surface area contributed by atoms with Crippen LogP contribution in [0.2, 0.25) is 0 Å². The first kappa shape index (κ1) is 19.9. The van der Waals surface area contributed by atoms with Crippen LogP contribution in [0.3, 0.4) is 0 Å². The first-order chi connectivity index (χ1) is 14.0. The Bertz CT molecular complexity index is 1110. The Labute approximate surface area is 170 Å². The van der Waals surface area contributed by atoms with E-state index >= 15 is 0 Å². The van der Waals surface area contributed by atoms with Crippen molar-refractivity contribution in [3.8, 4) is 17.6 Å². The molecule has 29 heavy (non-hydrogen) atoms. The van der Waals surface area contributed by atoms with Crippen LogP contribution >= 0.6 is 0 Å². The number of benzene rings is 3. The number of carbonyl (C=O) groups excluding carboxylic acids is 1. The second kappa shape index (κ2) is 8.90. The van der Waals surface area contributed by atoms with E-state index in [0.717, 1.165) is 22.3 Å². The Morgan fingerprint density at radius 2 is 1.69 bits per heavy atom. The summed E-state index contributed by atoms with van der Waals surface area (Å²) in [5.74, 6) is 0.684. The molecule has 0 atom stereocenters. The number of hydrogen-bond donors (Lipinski definition) is 0. The third kappa shape index (κ3) is 4.72. The topological polar surface area (TPSA) is 59.3 Å². The van der Waals surface area contributed by atoms with Crippen molar-refractivity contribution < 1.29 is 14.3 Å². The number of methoxy groups -OCH3 is 1. The van der Waals surface area contributed by atoms with E-state index in [2.05, 4.69) is 6.07 Å². The van der Waals surface area contributed by atoms with Gasteiger partial charge in [-0.2, -0.15) is 5.26 Å². The average Bonchev–Trinajstić information content (AvgIpc) is 2.75. The standard InChI is InChI=1S/C25H21NO3/c1-17-8-11-20(14-18(17)2)25(27)29-22-12-9-19(10-13-22)15-21(16-26)23-6-4-5-7-24(23)28-3/h4-15H,1-3H3/b21-15-. The number of esters is 1. The molecule has 0 aliphatic carbocycles. The monoisotopic (exact) mass is 383 g/mol. The minimum absolute atomic E-state index is 0.400. The van der Waals surface area contributed by atoms with Gasteiger partial charge >= 0.3 is 5.97 Å². The number of nitrogens with zero attached hydrogens (tertiary/aromatic N) is 1. The van der Waals surface area contributed by atoms with Gasteiger partial charge in [-0.3, -0.25) is 0 Å². The van der Waals surface area contributed by atoms with Crippen LogP contribution in [0.4, 0.5) is 0 Å². The smallest absolute Gasteiger partial charge is 0.343 e. The van der Waals surface area contributed by atoms with Crippen molar-refractivity contribution in [2.24, 2.45) is 0 Å². The quantitative estimate of drug-likeness (QED) is 0.249. The largest absolute Gasteiger partial charge is 0.496 e. The zero-order valence-electron chi connectivity index (χ0n) is 16.6. The van der Waals surface area contributed by atoms with Gasteiger partial charge in [-0.05, 0) is 73.0 Å². The second-order valence-corrected chi connectivity index (χ2v) is 6.63. The molecule has 0 N–H and O–H groups in total. The molecule has 0 radical (unpaired) electrons. The zero-order chi connectivity index (χ0) is 20.8. The van der Waals surface area contributed by atoms with E-state index < -0.39 is 5.97 Å². The highest BCUT2D eigenvalue weighted by Crippen LogP contribution is 2.27. The SMILES string of the molecule is COc1ccccc1/C(C#N)=C\c1ccc(OC(=O)c2ccc(C)c(C)c2)cc1. The van der Waals surface area contributed by atoms with Crippen LogP contribution in [0.15, 0.2) is 66.7 Å². The summed E-state index contributed by atoms with van der Waals surface area (Å²) in [6.45, 7) is 3.96. The van der Waals surface area contributed by atoms with Crippen molar-refractivity contribution in [1.29, 1.82) is 5.26 Å². The molecule has 3 aromatic rings. The molecule has 0 saturated carbocycles. The predicted molar refractivity (Wildman–Crippen MR) is 114 cm³/mol. The van der Waals surface area contributed by atoms with Crippen LogP contribution in [0.5, 0.6) is 11.5 Å². The number of hydrogen-bond acceptors (Lipinski definition) is 4. The van der Waals surface area contributed by atoms with E-state index in [-0.39, 0.29) is 0 Å². The van der Waals surface area contributed by atoms with Gasteiger partial charge in [0.05, 0.1) is 24.3 Å². The maximum Gasteiger partial charge on any atom is 0.343 e. The molecule has 4 nitrogen and oxygen atoms in total. The van der Waals surface area contributed by atoms with E-state index in [1.165, 1.54) is 0 Å². The summed E-state index contributed by atoms with van der Waals surface area (Å²) in [4.78, 5) is 12.4. The van der Waals surface area contributed by atoms with Crippen molar-refractivity contribution in [3.63, 3.8) is 0 Å². The fraction of sp³-hybridized carbons (Fsp3) is 0.120. The summed E-state index contributed by atoms with van der Waals surface area (Å²) >= 11 is 0. The lowest BCUT2D eigenvalue weighted by atomic mass is 10.0. The van der Waals surface area contributed by atoms with Crippen molar-refractivity contribution in [1.82, 2.24) is 0 Å². The minimum Gasteiger partial charge on any atom is -0.496 e. The molecule has 0 aliphatic rings. The molecule has 0 unspecified atom stereocenters. The summed E-state index contributed by atoms with van der Waals surface area (Å²) in [7, 11) is 1.58. The van der Waals surface area contributed by atoms with Gasteiger partial charge in [0.2, 0.25) is 0 Å². The normalized spacial score (nSPS) is 10.9.